The Hall–Kier alpha value is -2.76. The summed E-state index contributed by atoms with van der Waals surface area (Å²) >= 11 is 0. The van der Waals surface area contributed by atoms with Crippen molar-refractivity contribution < 1.29 is 9.21 Å². The summed E-state index contributed by atoms with van der Waals surface area (Å²) in [4.78, 5) is 18.6. The number of carbonyl (C=O) groups is 1. The molecule has 1 aliphatic carbocycles. The third-order valence-corrected chi connectivity index (χ3v) is 5.93. The topological polar surface area (TPSA) is 69.9 Å². The number of nitrogens with zero attached hydrogens (tertiary/aromatic N) is 2. The number of rotatable bonds is 8. The fraction of sp³-hybridized carbons (Fsp3) is 0.520. The third-order valence-electron chi connectivity index (χ3n) is 5.93. The molecule has 2 atom stereocenters. The number of benzene rings is 1. The van der Waals surface area contributed by atoms with E-state index in [0.717, 1.165) is 42.2 Å². The lowest BCUT2D eigenvalue weighted by atomic mass is 9.86. The highest BCUT2D eigenvalue weighted by Gasteiger charge is 2.22. The Morgan fingerprint density at radius 2 is 2.00 bits per heavy atom. The van der Waals surface area contributed by atoms with Crippen LogP contribution < -0.4 is 10.6 Å². The minimum absolute atomic E-state index is 0.0305. The van der Waals surface area contributed by atoms with Gasteiger partial charge >= 0.3 is 0 Å². The number of hydrogen-bond acceptors (Lipinski definition) is 3. The van der Waals surface area contributed by atoms with Gasteiger partial charge in [0.15, 0.2) is 5.96 Å². The molecule has 1 saturated carbocycles. The van der Waals surface area contributed by atoms with E-state index in [4.69, 9.17) is 9.41 Å². The van der Waals surface area contributed by atoms with Gasteiger partial charge in [0.1, 0.15) is 5.76 Å². The van der Waals surface area contributed by atoms with Crippen LogP contribution in [0.15, 0.2) is 52.1 Å². The monoisotopic (exact) mass is 424 g/mol. The first kappa shape index (κ1) is 22.9. The van der Waals surface area contributed by atoms with Gasteiger partial charge in [-0.1, -0.05) is 31.9 Å². The summed E-state index contributed by atoms with van der Waals surface area (Å²) in [6.45, 7) is 3.76. The number of nitrogens with one attached hydrogen (secondary N) is 2. The fourth-order valence-corrected chi connectivity index (χ4v) is 4.03. The number of guanidine groups is 1. The molecule has 0 aliphatic heterocycles. The van der Waals surface area contributed by atoms with Crippen LogP contribution in [0, 0.1) is 5.92 Å². The minimum Gasteiger partial charge on any atom is -0.469 e. The summed E-state index contributed by atoms with van der Waals surface area (Å²) in [6, 6.07) is 12.2. The highest BCUT2D eigenvalue weighted by molar-refractivity contribution is 5.94. The summed E-state index contributed by atoms with van der Waals surface area (Å²) in [5.74, 6) is 2.50. The smallest absolute Gasteiger partial charge is 0.253 e. The molecule has 168 valence electrons. The third kappa shape index (κ3) is 7.16. The SMILES string of the molecule is CC1CCCCC1NC(=NCCc1ccco1)NCCc1cccc(C(=O)N(C)C)c1. The van der Waals surface area contributed by atoms with Crippen molar-refractivity contribution in [2.24, 2.45) is 10.9 Å². The molecule has 1 aromatic carbocycles. The first-order chi connectivity index (χ1) is 15.0. The van der Waals surface area contributed by atoms with Crippen LogP contribution in [-0.2, 0) is 12.8 Å². The number of aliphatic imine (C=N–C) groups is 1. The molecule has 1 fully saturated rings. The van der Waals surface area contributed by atoms with Gasteiger partial charge in [0.2, 0.25) is 0 Å². The van der Waals surface area contributed by atoms with Gasteiger partial charge in [-0.2, -0.15) is 0 Å². The van der Waals surface area contributed by atoms with Crippen LogP contribution >= 0.6 is 0 Å². The van der Waals surface area contributed by atoms with E-state index in [2.05, 4.69) is 23.6 Å². The van der Waals surface area contributed by atoms with E-state index >= 15 is 0 Å². The van der Waals surface area contributed by atoms with Crippen molar-refractivity contribution in [1.29, 1.82) is 0 Å². The standard InChI is InChI=1S/C25H36N4O2/c1-19-8-4-5-12-23(19)28-25(27-16-14-22-11-7-17-31-22)26-15-13-20-9-6-10-21(18-20)24(30)29(2)3/h6-7,9-11,17-19,23H,4-5,8,12-16H2,1-3H3,(H2,26,27,28). The Morgan fingerprint density at radius 3 is 2.74 bits per heavy atom. The predicted molar refractivity (Wildman–Crippen MR) is 125 cm³/mol. The number of carbonyl (C=O) groups excluding carboxylic acids is 1. The summed E-state index contributed by atoms with van der Waals surface area (Å²) in [5.41, 5.74) is 1.87. The maximum Gasteiger partial charge on any atom is 0.253 e. The van der Waals surface area contributed by atoms with E-state index in [1.54, 1.807) is 25.3 Å². The zero-order valence-electron chi connectivity index (χ0n) is 19.1. The summed E-state index contributed by atoms with van der Waals surface area (Å²) in [5, 5.41) is 7.16. The average Bonchev–Trinajstić information content (AvgIpc) is 3.28. The number of furan rings is 1. The average molecular weight is 425 g/mol. The lowest BCUT2D eigenvalue weighted by Gasteiger charge is -2.31. The number of hydrogen-bond donors (Lipinski definition) is 2. The van der Waals surface area contributed by atoms with Crippen molar-refractivity contribution in [3.8, 4) is 0 Å². The molecule has 1 aromatic heterocycles. The highest BCUT2D eigenvalue weighted by Crippen LogP contribution is 2.23. The van der Waals surface area contributed by atoms with Gasteiger partial charge in [-0.15, -0.1) is 0 Å². The zero-order chi connectivity index (χ0) is 22.1. The zero-order valence-corrected chi connectivity index (χ0v) is 19.1. The van der Waals surface area contributed by atoms with Gasteiger partial charge in [-0.3, -0.25) is 9.79 Å². The summed E-state index contributed by atoms with van der Waals surface area (Å²) < 4.78 is 5.43. The van der Waals surface area contributed by atoms with Crippen LogP contribution in [0.3, 0.4) is 0 Å². The van der Waals surface area contributed by atoms with Crippen LogP contribution in [0.2, 0.25) is 0 Å². The molecular weight excluding hydrogens is 388 g/mol. The van der Waals surface area contributed by atoms with E-state index in [1.807, 2.05) is 30.3 Å². The lowest BCUT2D eigenvalue weighted by molar-refractivity contribution is 0.0827. The Labute approximate surface area is 186 Å². The van der Waals surface area contributed by atoms with Crippen LogP contribution in [0.4, 0.5) is 0 Å². The van der Waals surface area contributed by atoms with Crippen molar-refractivity contribution in [3.05, 3.63) is 59.5 Å². The van der Waals surface area contributed by atoms with Gasteiger partial charge in [0.05, 0.1) is 6.26 Å². The van der Waals surface area contributed by atoms with E-state index in [-0.39, 0.29) is 5.91 Å². The second-order valence-electron chi connectivity index (χ2n) is 8.65. The van der Waals surface area contributed by atoms with E-state index in [9.17, 15) is 4.79 Å². The first-order valence-electron chi connectivity index (χ1n) is 11.4. The molecular formula is C25H36N4O2. The van der Waals surface area contributed by atoms with Gasteiger partial charge in [0.25, 0.3) is 5.91 Å². The second-order valence-corrected chi connectivity index (χ2v) is 8.65. The van der Waals surface area contributed by atoms with Crippen molar-refractivity contribution in [1.82, 2.24) is 15.5 Å². The maximum absolute atomic E-state index is 12.2. The van der Waals surface area contributed by atoms with Crippen molar-refractivity contribution >= 4 is 11.9 Å². The fourth-order valence-electron chi connectivity index (χ4n) is 4.03. The Balaban J connectivity index is 1.58. The molecule has 0 bridgehead atoms. The van der Waals surface area contributed by atoms with Crippen molar-refractivity contribution in [3.63, 3.8) is 0 Å². The maximum atomic E-state index is 12.2. The molecule has 2 unspecified atom stereocenters. The first-order valence-corrected chi connectivity index (χ1v) is 11.4. The van der Waals surface area contributed by atoms with Crippen molar-refractivity contribution in [2.75, 3.05) is 27.2 Å². The quantitative estimate of drug-likeness (QED) is 0.498. The van der Waals surface area contributed by atoms with Crippen molar-refractivity contribution in [2.45, 2.75) is 51.5 Å². The molecule has 2 aromatic rings. The van der Waals surface area contributed by atoms with Crippen LogP contribution in [0.5, 0.6) is 0 Å². The number of amides is 1. The molecule has 1 aliphatic rings. The summed E-state index contributed by atoms with van der Waals surface area (Å²) in [6.07, 6.45) is 8.37. The van der Waals surface area contributed by atoms with Gasteiger partial charge in [-0.05, 0) is 55.0 Å². The second kappa shape index (κ2) is 11.6. The molecule has 0 radical (unpaired) electrons. The van der Waals surface area contributed by atoms with Gasteiger partial charge in [-0.25, -0.2) is 0 Å². The Kier molecular flexibility index (Phi) is 8.56. The highest BCUT2D eigenvalue weighted by atomic mass is 16.3. The molecule has 6 nitrogen and oxygen atoms in total. The predicted octanol–water partition coefficient (Wildman–Crippen LogP) is 3.88. The van der Waals surface area contributed by atoms with E-state index < -0.39 is 0 Å². The molecule has 6 heteroatoms. The lowest BCUT2D eigenvalue weighted by Crippen LogP contribution is -2.47. The molecule has 2 N–H and O–H groups in total. The van der Waals surface area contributed by atoms with Gasteiger partial charge < -0.3 is 20.0 Å². The Bertz CT molecular complexity index is 845. The van der Waals surface area contributed by atoms with Gasteiger partial charge in [0, 0.05) is 45.2 Å². The molecule has 1 heterocycles. The Morgan fingerprint density at radius 1 is 1.16 bits per heavy atom. The molecule has 3 rings (SSSR count). The normalized spacial score (nSPS) is 19.1. The molecule has 0 spiro atoms. The van der Waals surface area contributed by atoms with E-state index in [0.29, 0.717) is 18.5 Å². The minimum atomic E-state index is 0.0305. The van der Waals surface area contributed by atoms with Crippen LogP contribution in [0.1, 0.15) is 54.3 Å². The molecule has 31 heavy (non-hydrogen) atoms. The molecule has 0 saturated heterocycles. The van der Waals surface area contributed by atoms with Crippen LogP contribution in [-0.4, -0.2) is 50.0 Å². The largest absolute Gasteiger partial charge is 0.469 e. The summed E-state index contributed by atoms with van der Waals surface area (Å²) in [7, 11) is 3.56. The molecule has 1 amide bonds. The van der Waals surface area contributed by atoms with E-state index in [1.165, 1.54) is 25.7 Å². The van der Waals surface area contributed by atoms with Crippen LogP contribution in [0.25, 0.3) is 0 Å².